The number of oxime groups is 1. The molecule has 0 amide bonds. The molecule has 128 valence electrons. The number of aliphatic carboxylic acids is 1. The molecule has 0 radical (unpaired) electrons. The highest BCUT2D eigenvalue weighted by Gasteiger charge is 1.98. The zero-order valence-corrected chi connectivity index (χ0v) is 14.4. The van der Waals surface area contributed by atoms with Gasteiger partial charge in [0.25, 0.3) is 0 Å². The van der Waals surface area contributed by atoms with Crippen molar-refractivity contribution in [1.82, 2.24) is 0 Å². The highest BCUT2D eigenvalue weighted by atomic mass is 35.5. The zero-order valence-electron chi connectivity index (χ0n) is 12.9. The van der Waals surface area contributed by atoms with Crippen LogP contribution in [0.15, 0.2) is 47.6 Å². The lowest BCUT2D eigenvalue weighted by Gasteiger charge is -2.03. The molecule has 1 N–H and O–H groups in total. The van der Waals surface area contributed by atoms with Crippen molar-refractivity contribution in [1.29, 1.82) is 0 Å². The van der Waals surface area contributed by atoms with Gasteiger partial charge in [-0.15, -0.1) is 0 Å². The van der Waals surface area contributed by atoms with E-state index in [9.17, 15) is 4.79 Å². The molecule has 0 fully saturated rings. The summed E-state index contributed by atoms with van der Waals surface area (Å²) in [5.74, 6) is 5.30. The number of ether oxygens (including phenoxy) is 1. The fraction of sp³-hybridized carbons (Fsp3) is 0.111. The number of carboxylic acids is 1. The van der Waals surface area contributed by atoms with Gasteiger partial charge in [0.1, 0.15) is 12.4 Å². The largest absolute Gasteiger partial charge is 0.481 e. The molecular formula is C18H13Cl2NO4. The Bertz CT molecular complexity index is 820. The van der Waals surface area contributed by atoms with Crippen molar-refractivity contribution in [3.8, 4) is 17.6 Å². The summed E-state index contributed by atoms with van der Waals surface area (Å²) < 4.78 is 5.48. The van der Waals surface area contributed by atoms with Crippen LogP contribution >= 0.6 is 23.2 Å². The third kappa shape index (κ3) is 7.17. The van der Waals surface area contributed by atoms with E-state index >= 15 is 0 Å². The molecule has 0 unspecified atom stereocenters. The number of benzene rings is 2. The normalized spacial score (nSPS) is 10.2. The van der Waals surface area contributed by atoms with Crippen LogP contribution in [0.1, 0.15) is 11.1 Å². The maximum absolute atomic E-state index is 10.3. The van der Waals surface area contributed by atoms with Crippen LogP contribution in [0, 0.1) is 11.8 Å². The number of rotatable bonds is 6. The molecule has 0 saturated carbocycles. The predicted octanol–water partition coefficient (Wildman–Crippen LogP) is 3.86. The van der Waals surface area contributed by atoms with Crippen LogP contribution in [0.3, 0.4) is 0 Å². The van der Waals surface area contributed by atoms with Gasteiger partial charge in [0.2, 0.25) is 6.61 Å². The number of hydrogen-bond acceptors (Lipinski definition) is 4. The molecule has 0 spiro atoms. The summed E-state index contributed by atoms with van der Waals surface area (Å²) in [6, 6.07) is 12.2. The van der Waals surface area contributed by atoms with Crippen LogP contribution in [0.25, 0.3) is 0 Å². The molecule has 2 aromatic carbocycles. The minimum atomic E-state index is -1.09. The van der Waals surface area contributed by atoms with Gasteiger partial charge >= 0.3 is 5.97 Å². The number of carbonyl (C=O) groups is 1. The number of hydrogen-bond donors (Lipinski definition) is 1. The van der Waals surface area contributed by atoms with Gasteiger partial charge in [0, 0.05) is 15.6 Å². The second-order valence-corrected chi connectivity index (χ2v) is 5.60. The lowest BCUT2D eigenvalue weighted by molar-refractivity contribution is -0.142. The Balaban J connectivity index is 1.91. The maximum Gasteiger partial charge on any atom is 0.344 e. The van der Waals surface area contributed by atoms with E-state index in [0.29, 0.717) is 15.8 Å². The van der Waals surface area contributed by atoms with Crippen LogP contribution in [0.2, 0.25) is 10.0 Å². The van der Waals surface area contributed by atoms with Gasteiger partial charge in [-0.05, 0) is 35.9 Å². The fourth-order valence-corrected chi connectivity index (χ4v) is 2.26. The molecule has 0 aliphatic rings. The van der Waals surface area contributed by atoms with Gasteiger partial charge in [0.15, 0.2) is 0 Å². The molecule has 7 heteroatoms. The molecular weight excluding hydrogens is 365 g/mol. The average molecular weight is 378 g/mol. The van der Waals surface area contributed by atoms with Gasteiger partial charge in [-0.2, -0.15) is 0 Å². The molecule has 0 aliphatic carbocycles. The number of carboxylic acid groups (broad SMARTS) is 1. The van der Waals surface area contributed by atoms with E-state index in [1.807, 2.05) is 6.07 Å². The van der Waals surface area contributed by atoms with Crippen LogP contribution in [0.5, 0.6) is 5.75 Å². The highest BCUT2D eigenvalue weighted by molar-refractivity contribution is 6.34. The quantitative estimate of drug-likeness (QED) is 0.471. The molecule has 0 aliphatic heterocycles. The first-order valence-corrected chi connectivity index (χ1v) is 7.83. The summed E-state index contributed by atoms with van der Waals surface area (Å²) in [7, 11) is 0. The molecule has 0 saturated heterocycles. The molecule has 5 nitrogen and oxygen atoms in total. The van der Waals surface area contributed by atoms with Crippen LogP contribution in [0.4, 0.5) is 0 Å². The van der Waals surface area contributed by atoms with Gasteiger partial charge in [-0.25, -0.2) is 4.79 Å². The summed E-state index contributed by atoms with van der Waals surface area (Å²) in [6.45, 7) is -0.308. The Morgan fingerprint density at radius 2 is 1.96 bits per heavy atom. The van der Waals surface area contributed by atoms with E-state index in [0.717, 1.165) is 11.1 Å². The summed E-state index contributed by atoms with van der Waals surface area (Å²) in [4.78, 5) is 14.9. The zero-order chi connectivity index (χ0) is 18.1. The van der Waals surface area contributed by atoms with Gasteiger partial charge in [0.05, 0.1) is 6.21 Å². The second kappa shape index (κ2) is 9.58. The Hall–Kier alpha value is -2.68. The Morgan fingerprint density at radius 1 is 1.20 bits per heavy atom. The standard InChI is InChI=1S/C18H13Cl2NO4/c19-15-8-16(20)10-17(9-15)24-6-2-5-13-3-1-4-14(7-13)11-21-25-12-18(22)23/h1,3-4,7-11H,6,12H2,(H,22,23). The monoisotopic (exact) mass is 377 g/mol. The van der Waals surface area contributed by atoms with Crippen molar-refractivity contribution < 1.29 is 19.5 Å². The topological polar surface area (TPSA) is 68.1 Å². The summed E-state index contributed by atoms with van der Waals surface area (Å²) in [5.41, 5.74) is 1.50. The molecule has 0 aromatic heterocycles. The van der Waals surface area contributed by atoms with Gasteiger partial charge in [-0.1, -0.05) is 52.3 Å². The van der Waals surface area contributed by atoms with Crippen molar-refractivity contribution in [2.45, 2.75) is 0 Å². The van der Waals surface area contributed by atoms with Gasteiger partial charge in [-0.3, -0.25) is 0 Å². The van der Waals surface area contributed by atoms with Crippen LogP contribution < -0.4 is 4.74 Å². The van der Waals surface area contributed by atoms with E-state index in [2.05, 4.69) is 21.8 Å². The third-order valence-corrected chi connectivity index (χ3v) is 3.17. The maximum atomic E-state index is 10.3. The van der Waals surface area contributed by atoms with E-state index in [1.54, 1.807) is 36.4 Å². The SMILES string of the molecule is O=C(O)CON=Cc1cccc(C#CCOc2cc(Cl)cc(Cl)c2)c1. The summed E-state index contributed by atoms with van der Waals surface area (Å²) in [6.07, 6.45) is 1.42. The first-order chi connectivity index (χ1) is 12.0. The van der Waals surface area contributed by atoms with Crippen molar-refractivity contribution >= 4 is 35.4 Å². The van der Waals surface area contributed by atoms with Crippen molar-refractivity contribution in [2.75, 3.05) is 13.2 Å². The first-order valence-electron chi connectivity index (χ1n) is 7.08. The minimum Gasteiger partial charge on any atom is -0.481 e. The first kappa shape index (κ1) is 18.7. The molecule has 0 atom stereocenters. The number of halogens is 2. The van der Waals surface area contributed by atoms with E-state index in [1.165, 1.54) is 6.21 Å². The lowest BCUT2D eigenvalue weighted by atomic mass is 10.1. The van der Waals surface area contributed by atoms with Gasteiger partial charge < -0.3 is 14.7 Å². The van der Waals surface area contributed by atoms with E-state index in [-0.39, 0.29) is 6.61 Å². The summed E-state index contributed by atoms with van der Waals surface area (Å²) >= 11 is 11.8. The van der Waals surface area contributed by atoms with Crippen LogP contribution in [-0.4, -0.2) is 30.5 Å². The third-order valence-electron chi connectivity index (χ3n) is 2.73. The van der Waals surface area contributed by atoms with Crippen molar-refractivity contribution in [2.24, 2.45) is 5.16 Å². The summed E-state index contributed by atoms with van der Waals surface area (Å²) in [5, 5.41) is 13.0. The Labute approximate surface area is 154 Å². The smallest absolute Gasteiger partial charge is 0.344 e. The highest BCUT2D eigenvalue weighted by Crippen LogP contribution is 2.23. The average Bonchev–Trinajstić information content (AvgIpc) is 2.55. The molecule has 0 heterocycles. The van der Waals surface area contributed by atoms with Crippen LogP contribution in [-0.2, 0) is 9.63 Å². The van der Waals surface area contributed by atoms with Crippen molar-refractivity contribution in [3.05, 3.63) is 63.6 Å². The molecule has 2 rings (SSSR count). The minimum absolute atomic E-state index is 0.177. The van der Waals surface area contributed by atoms with Crippen molar-refractivity contribution in [3.63, 3.8) is 0 Å². The molecule has 2 aromatic rings. The fourth-order valence-electron chi connectivity index (χ4n) is 1.76. The lowest BCUT2D eigenvalue weighted by Crippen LogP contribution is -2.03. The second-order valence-electron chi connectivity index (χ2n) is 4.72. The molecule has 0 bridgehead atoms. The van der Waals surface area contributed by atoms with E-state index < -0.39 is 12.6 Å². The molecule has 25 heavy (non-hydrogen) atoms. The Morgan fingerprint density at radius 3 is 2.68 bits per heavy atom. The number of nitrogens with zero attached hydrogens (tertiary/aromatic N) is 1. The predicted molar refractivity (Wildman–Crippen MR) is 96.5 cm³/mol. The Kier molecular flexibility index (Phi) is 7.15. The van der Waals surface area contributed by atoms with E-state index in [4.69, 9.17) is 33.0 Å².